The summed E-state index contributed by atoms with van der Waals surface area (Å²) >= 11 is 3.42. The molecule has 0 atom stereocenters. The maximum absolute atomic E-state index is 10.9. The average Bonchev–Trinajstić information content (AvgIpc) is 2.34. The van der Waals surface area contributed by atoms with Gasteiger partial charge in [0.1, 0.15) is 5.75 Å². The first-order chi connectivity index (χ1) is 8.17. The first-order valence-corrected chi connectivity index (χ1v) is 6.06. The standard InChI is InChI=1S/C12H16BrNO3/c1-16-11-4-3-9(7-10(11)13)8-14-6-5-12(15)17-2/h3-4,7,14H,5-6,8H2,1-2H3. The Morgan fingerprint density at radius 3 is 2.76 bits per heavy atom. The van der Waals surface area contributed by atoms with Crippen LogP contribution in [0.1, 0.15) is 12.0 Å². The molecule has 0 heterocycles. The molecule has 94 valence electrons. The number of rotatable bonds is 6. The fraction of sp³-hybridized carbons (Fsp3) is 0.417. The first kappa shape index (κ1) is 14.0. The number of hydrogen-bond acceptors (Lipinski definition) is 4. The average molecular weight is 302 g/mol. The van der Waals surface area contributed by atoms with E-state index in [9.17, 15) is 4.79 Å². The van der Waals surface area contributed by atoms with E-state index in [-0.39, 0.29) is 5.97 Å². The van der Waals surface area contributed by atoms with Crippen LogP contribution in [-0.2, 0) is 16.1 Å². The number of carbonyl (C=O) groups excluding carboxylic acids is 1. The summed E-state index contributed by atoms with van der Waals surface area (Å²) in [6.45, 7) is 1.32. The van der Waals surface area contributed by atoms with Crippen LogP contribution in [0.5, 0.6) is 5.75 Å². The van der Waals surface area contributed by atoms with E-state index in [1.165, 1.54) is 7.11 Å². The molecule has 0 bridgehead atoms. The quantitative estimate of drug-likeness (QED) is 0.646. The Kier molecular flexibility index (Phi) is 6.00. The molecule has 1 aromatic carbocycles. The molecular weight excluding hydrogens is 286 g/mol. The zero-order chi connectivity index (χ0) is 12.7. The molecule has 4 nitrogen and oxygen atoms in total. The predicted molar refractivity (Wildman–Crippen MR) is 69.0 cm³/mol. The third-order valence-corrected chi connectivity index (χ3v) is 2.90. The van der Waals surface area contributed by atoms with Gasteiger partial charge in [-0.05, 0) is 33.6 Å². The maximum atomic E-state index is 10.9. The molecule has 1 N–H and O–H groups in total. The second kappa shape index (κ2) is 7.29. The number of nitrogens with one attached hydrogen (secondary N) is 1. The van der Waals surface area contributed by atoms with E-state index in [1.54, 1.807) is 7.11 Å². The second-order valence-corrected chi connectivity index (χ2v) is 4.33. The summed E-state index contributed by atoms with van der Waals surface area (Å²) in [5, 5.41) is 3.17. The van der Waals surface area contributed by atoms with Gasteiger partial charge in [0.25, 0.3) is 0 Å². The molecule has 0 spiro atoms. The number of carbonyl (C=O) groups is 1. The maximum Gasteiger partial charge on any atom is 0.306 e. The van der Waals surface area contributed by atoms with Crippen molar-refractivity contribution in [2.45, 2.75) is 13.0 Å². The Labute approximate surface area is 109 Å². The lowest BCUT2D eigenvalue weighted by atomic mass is 10.2. The summed E-state index contributed by atoms with van der Waals surface area (Å²) in [6.07, 6.45) is 0.383. The molecule has 1 rings (SSSR count). The van der Waals surface area contributed by atoms with Crippen LogP contribution in [0.25, 0.3) is 0 Å². The Hall–Kier alpha value is -1.07. The van der Waals surface area contributed by atoms with Gasteiger partial charge < -0.3 is 14.8 Å². The van der Waals surface area contributed by atoms with E-state index in [4.69, 9.17) is 4.74 Å². The fourth-order valence-electron chi connectivity index (χ4n) is 1.35. The van der Waals surface area contributed by atoms with Gasteiger partial charge in [0.2, 0.25) is 0 Å². The highest BCUT2D eigenvalue weighted by Crippen LogP contribution is 2.25. The van der Waals surface area contributed by atoms with Gasteiger partial charge in [0.05, 0.1) is 25.1 Å². The van der Waals surface area contributed by atoms with Crippen LogP contribution in [0.4, 0.5) is 0 Å². The van der Waals surface area contributed by atoms with Gasteiger partial charge in [-0.3, -0.25) is 4.79 Å². The summed E-state index contributed by atoms with van der Waals surface area (Å²) in [5.74, 6) is 0.608. The molecule has 0 amide bonds. The topological polar surface area (TPSA) is 47.6 Å². The largest absolute Gasteiger partial charge is 0.496 e. The van der Waals surface area contributed by atoms with Crippen LogP contribution in [0.15, 0.2) is 22.7 Å². The van der Waals surface area contributed by atoms with Crippen LogP contribution in [-0.4, -0.2) is 26.7 Å². The Bertz CT molecular complexity index is 382. The molecule has 0 unspecified atom stereocenters. The van der Waals surface area contributed by atoms with Crippen LogP contribution in [0.3, 0.4) is 0 Å². The summed E-state index contributed by atoms with van der Waals surface area (Å²) in [5.41, 5.74) is 1.13. The van der Waals surface area contributed by atoms with Gasteiger partial charge >= 0.3 is 5.97 Å². The smallest absolute Gasteiger partial charge is 0.306 e. The number of methoxy groups -OCH3 is 2. The van der Waals surface area contributed by atoms with Crippen molar-refractivity contribution in [2.24, 2.45) is 0 Å². The summed E-state index contributed by atoms with van der Waals surface area (Å²) in [4.78, 5) is 10.9. The Morgan fingerprint density at radius 2 is 2.18 bits per heavy atom. The van der Waals surface area contributed by atoms with E-state index in [0.717, 1.165) is 15.8 Å². The lowest BCUT2D eigenvalue weighted by Gasteiger charge is -2.07. The van der Waals surface area contributed by atoms with Gasteiger partial charge in [-0.1, -0.05) is 6.07 Å². The molecule has 17 heavy (non-hydrogen) atoms. The minimum absolute atomic E-state index is 0.201. The number of esters is 1. The van der Waals surface area contributed by atoms with E-state index in [0.29, 0.717) is 19.5 Å². The molecule has 0 aliphatic carbocycles. The lowest BCUT2D eigenvalue weighted by Crippen LogP contribution is -2.18. The van der Waals surface area contributed by atoms with Gasteiger partial charge in [-0.25, -0.2) is 0 Å². The van der Waals surface area contributed by atoms with Gasteiger partial charge in [0, 0.05) is 13.1 Å². The summed E-state index contributed by atoms with van der Waals surface area (Å²) in [6, 6.07) is 5.88. The van der Waals surface area contributed by atoms with Crippen LogP contribution >= 0.6 is 15.9 Å². The van der Waals surface area contributed by atoms with E-state index < -0.39 is 0 Å². The number of hydrogen-bond donors (Lipinski definition) is 1. The monoisotopic (exact) mass is 301 g/mol. The molecule has 0 radical (unpaired) electrons. The van der Waals surface area contributed by atoms with Gasteiger partial charge in [0.15, 0.2) is 0 Å². The van der Waals surface area contributed by atoms with E-state index in [1.807, 2.05) is 18.2 Å². The molecule has 0 aliphatic heterocycles. The van der Waals surface area contributed by atoms with Gasteiger partial charge in [-0.2, -0.15) is 0 Å². The Morgan fingerprint density at radius 1 is 1.41 bits per heavy atom. The van der Waals surface area contributed by atoms with Gasteiger partial charge in [-0.15, -0.1) is 0 Å². The molecule has 5 heteroatoms. The molecule has 1 aromatic rings. The molecule has 0 aliphatic rings. The zero-order valence-electron chi connectivity index (χ0n) is 9.96. The summed E-state index contributed by atoms with van der Waals surface area (Å²) in [7, 11) is 3.03. The van der Waals surface area contributed by atoms with Crippen LogP contribution in [0.2, 0.25) is 0 Å². The van der Waals surface area contributed by atoms with Crippen molar-refractivity contribution in [1.82, 2.24) is 5.32 Å². The number of halogens is 1. The molecular formula is C12H16BrNO3. The van der Waals surface area contributed by atoms with E-state index in [2.05, 4.69) is 26.0 Å². The highest BCUT2D eigenvalue weighted by Gasteiger charge is 2.02. The van der Waals surface area contributed by atoms with Crippen molar-refractivity contribution in [3.8, 4) is 5.75 Å². The highest BCUT2D eigenvalue weighted by molar-refractivity contribution is 9.10. The van der Waals surface area contributed by atoms with Crippen molar-refractivity contribution >= 4 is 21.9 Å². The lowest BCUT2D eigenvalue weighted by molar-refractivity contribution is -0.140. The third-order valence-electron chi connectivity index (χ3n) is 2.28. The third kappa shape index (κ3) is 4.75. The SMILES string of the molecule is COC(=O)CCNCc1ccc(OC)c(Br)c1. The minimum atomic E-state index is -0.201. The van der Waals surface area contributed by atoms with Crippen LogP contribution in [0, 0.1) is 0 Å². The molecule has 0 aromatic heterocycles. The zero-order valence-corrected chi connectivity index (χ0v) is 11.5. The molecule has 0 fully saturated rings. The normalized spacial score (nSPS) is 10.1. The minimum Gasteiger partial charge on any atom is -0.496 e. The molecule has 0 saturated carbocycles. The number of benzene rings is 1. The predicted octanol–water partition coefficient (Wildman–Crippen LogP) is 2.11. The molecule has 0 saturated heterocycles. The first-order valence-electron chi connectivity index (χ1n) is 5.27. The summed E-state index contributed by atoms with van der Waals surface area (Å²) < 4.78 is 10.6. The van der Waals surface area contributed by atoms with E-state index >= 15 is 0 Å². The number of ether oxygens (including phenoxy) is 2. The van der Waals surface area contributed by atoms with Crippen molar-refractivity contribution in [3.63, 3.8) is 0 Å². The second-order valence-electron chi connectivity index (χ2n) is 3.47. The van der Waals surface area contributed by atoms with Crippen molar-refractivity contribution in [3.05, 3.63) is 28.2 Å². The Balaban J connectivity index is 2.37. The van der Waals surface area contributed by atoms with Crippen LogP contribution < -0.4 is 10.1 Å². The van der Waals surface area contributed by atoms with Crippen molar-refractivity contribution in [1.29, 1.82) is 0 Å². The van der Waals surface area contributed by atoms with Crippen molar-refractivity contribution in [2.75, 3.05) is 20.8 Å². The highest BCUT2D eigenvalue weighted by atomic mass is 79.9. The van der Waals surface area contributed by atoms with Crippen molar-refractivity contribution < 1.29 is 14.3 Å². The fourth-order valence-corrected chi connectivity index (χ4v) is 1.93.